The van der Waals surface area contributed by atoms with Gasteiger partial charge >= 0.3 is 0 Å². The molecule has 15 heavy (non-hydrogen) atoms. The first-order valence-electron chi connectivity index (χ1n) is 4.67. The summed E-state index contributed by atoms with van der Waals surface area (Å²) < 4.78 is 25.7. The molecule has 86 valence electrons. The molecule has 0 unspecified atom stereocenters. The minimum atomic E-state index is -2.85. The lowest BCUT2D eigenvalue weighted by atomic mass is 10.2. The summed E-state index contributed by atoms with van der Waals surface area (Å²) in [5.74, 6) is -2.85. The Balaban J connectivity index is 4.32. The predicted molar refractivity (Wildman–Crippen MR) is 61.3 cm³/mol. The van der Waals surface area contributed by atoms with Crippen LogP contribution in [0.2, 0.25) is 0 Å². The van der Waals surface area contributed by atoms with Crippen molar-refractivity contribution in [1.82, 2.24) is 0 Å². The standard InChI is InChI=1S/C10H15ClF2N2/c1-4-8(10(3,12)13)14-6-7-15-9(11)5-2/h5,7H,4,6H2,1-3H3/b9-5?,14-8+,15-7-. The smallest absolute Gasteiger partial charge is 0.282 e. The fourth-order valence-electron chi connectivity index (χ4n) is 0.915. The third kappa shape index (κ3) is 6.33. The van der Waals surface area contributed by atoms with Gasteiger partial charge in [0.15, 0.2) is 0 Å². The first kappa shape index (κ1) is 14.2. The summed E-state index contributed by atoms with van der Waals surface area (Å²) in [4.78, 5) is 7.53. The zero-order valence-corrected chi connectivity index (χ0v) is 9.85. The van der Waals surface area contributed by atoms with Crippen molar-refractivity contribution in [3.63, 3.8) is 0 Å². The summed E-state index contributed by atoms with van der Waals surface area (Å²) in [6.07, 6.45) is 3.25. The second kappa shape index (κ2) is 6.67. The van der Waals surface area contributed by atoms with Gasteiger partial charge in [0.2, 0.25) is 0 Å². The van der Waals surface area contributed by atoms with E-state index < -0.39 is 5.92 Å². The molecule has 0 radical (unpaired) electrons. The Labute approximate surface area is 93.8 Å². The van der Waals surface area contributed by atoms with Crippen LogP contribution in [-0.2, 0) is 0 Å². The minimum absolute atomic E-state index is 0.120. The van der Waals surface area contributed by atoms with E-state index in [1.165, 1.54) is 6.21 Å². The number of aliphatic imine (C=N–C) groups is 2. The molecule has 0 aromatic carbocycles. The van der Waals surface area contributed by atoms with Crippen molar-refractivity contribution in [3.05, 3.63) is 11.2 Å². The highest BCUT2D eigenvalue weighted by Crippen LogP contribution is 2.16. The molecule has 2 nitrogen and oxygen atoms in total. The molecule has 0 aromatic heterocycles. The van der Waals surface area contributed by atoms with Crippen molar-refractivity contribution in [3.8, 4) is 0 Å². The van der Waals surface area contributed by atoms with Gasteiger partial charge in [-0.2, -0.15) is 0 Å². The average Bonchev–Trinajstić information content (AvgIpc) is 2.15. The molecule has 0 bridgehead atoms. The fourth-order valence-corrected chi connectivity index (χ4v) is 0.984. The Hall–Kier alpha value is -0.770. The van der Waals surface area contributed by atoms with E-state index in [-0.39, 0.29) is 18.7 Å². The van der Waals surface area contributed by atoms with Crippen LogP contribution in [0.15, 0.2) is 21.2 Å². The van der Waals surface area contributed by atoms with Crippen molar-refractivity contribution < 1.29 is 8.78 Å². The highest BCUT2D eigenvalue weighted by molar-refractivity contribution is 6.29. The van der Waals surface area contributed by atoms with Crippen LogP contribution in [0.4, 0.5) is 8.78 Å². The van der Waals surface area contributed by atoms with Gasteiger partial charge in [0.1, 0.15) is 5.16 Å². The quantitative estimate of drug-likeness (QED) is 0.514. The molecule has 0 rings (SSSR count). The number of halogens is 3. The van der Waals surface area contributed by atoms with Gasteiger partial charge < -0.3 is 0 Å². The summed E-state index contributed by atoms with van der Waals surface area (Å²) in [6, 6.07) is 0. The second-order valence-corrected chi connectivity index (χ2v) is 3.34. The number of rotatable bonds is 5. The van der Waals surface area contributed by atoms with Crippen LogP contribution in [0.5, 0.6) is 0 Å². The van der Waals surface area contributed by atoms with Crippen LogP contribution < -0.4 is 0 Å². The maximum atomic E-state index is 12.8. The Bertz CT molecular complexity index is 278. The summed E-state index contributed by atoms with van der Waals surface area (Å²) in [5.41, 5.74) is -0.120. The topological polar surface area (TPSA) is 24.7 Å². The maximum absolute atomic E-state index is 12.8. The molecule has 5 heteroatoms. The van der Waals surface area contributed by atoms with Gasteiger partial charge in [0, 0.05) is 13.1 Å². The van der Waals surface area contributed by atoms with E-state index in [2.05, 4.69) is 9.98 Å². The Kier molecular flexibility index (Phi) is 6.32. The number of alkyl halides is 2. The summed E-state index contributed by atoms with van der Waals surface area (Å²) in [5, 5.41) is 0.325. The van der Waals surface area contributed by atoms with Crippen LogP contribution in [0.3, 0.4) is 0 Å². The van der Waals surface area contributed by atoms with Crippen LogP contribution in [0.25, 0.3) is 0 Å². The van der Waals surface area contributed by atoms with Gasteiger partial charge in [0.05, 0.1) is 12.3 Å². The number of hydrogen-bond acceptors (Lipinski definition) is 2. The SMILES string of the molecule is CC=C(Cl)/N=C\C/N=C(\CC)C(C)(F)F. The Morgan fingerprint density at radius 3 is 2.47 bits per heavy atom. The molecule has 0 N–H and O–H groups in total. The van der Waals surface area contributed by atoms with Crippen molar-refractivity contribution in [2.24, 2.45) is 9.98 Å². The van der Waals surface area contributed by atoms with E-state index >= 15 is 0 Å². The van der Waals surface area contributed by atoms with Crippen molar-refractivity contribution >= 4 is 23.5 Å². The van der Waals surface area contributed by atoms with Crippen molar-refractivity contribution in [2.45, 2.75) is 33.1 Å². The maximum Gasteiger partial charge on any atom is 0.282 e. The fraction of sp³-hybridized carbons (Fsp3) is 0.600. The van der Waals surface area contributed by atoms with E-state index in [9.17, 15) is 8.78 Å². The Morgan fingerprint density at radius 1 is 1.47 bits per heavy atom. The van der Waals surface area contributed by atoms with E-state index in [0.29, 0.717) is 5.16 Å². The Morgan fingerprint density at radius 2 is 2.07 bits per heavy atom. The van der Waals surface area contributed by atoms with Gasteiger partial charge in [0.25, 0.3) is 5.92 Å². The lowest BCUT2D eigenvalue weighted by molar-refractivity contribution is 0.0981. The third-order valence-corrected chi connectivity index (χ3v) is 1.97. The molecule has 0 aliphatic carbocycles. The molecule has 0 atom stereocenters. The molecular weight excluding hydrogens is 222 g/mol. The summed E-state index contributed by atoms with van der Waals surface area (Å²) in [7, 11) is 0. The average molecular weight is 237 g/mol. The highest BCUT2D eigenvalue weighted by atomic mass is 35.5. The molecule has 0 saturated carbocycles. The van der Waals surface area contributed by atoms with Crippen LogP contribution in [0.1, 0.15) is 27.2 Å². The molecule has 0 aliphatic rings. The van der Waals surface area contributed by atoms with Gasteiger partial charge in [-0.05, 0) is 13.3 Å². The van der Waals surface area contributed by atoms with Crippen LogP contribution >= 0.6 is 11.6 Å². The molecular formula is C10H15ClF2N2. The lowest BCUT2D eigenvalue weighted by Gasteiger charge is -2.11. The number of allylic oxidation sites excluding steroid dienone is 1. The molecule has 0 aromatic rings. The number of nitrogens with zero attached hydrogens (tertiary/aromatic N) is 2. The molecule has 0 fully saturated rings. The molecule has 0 spiro atoms. The van der Waals surface area contributed by atoms with Gasteiger partial charge in [-0.25, -0.2) is 13.8 Å². The zero-order chi connectivity index (χ0) is 11.9. The van der Waals surface area contributed by atoms with Gasteiger partial charge in [-0.1, -0.05) is 24.6 Å². The summed E-state index contributed by atoms with van der Waals surface area (Å²) >= 11 is 5.57. The van der Waals surface area contributed by atoms with Gasteiger partial charge in [-0.15, -0.1) is 0 Å². The first-order valence-corrected chi connectivity index (χ1v) is 5.05. The van der Waals surface area contributed by atoms with E-state index in [0.717, 1.165) is 6.92 Å². The summed E-state index contributed by atoms with van der Waals surface area (Å²) in [6.45, 7) is 4.34. The molecule has 0 aliphatic heterocycles. The first-order chi connectivity index (χ1) is 6.91. The predicted octanol–water partition coefficient (Wildman–Crippen LogP) is 3.66. The molecule has 0 saturated heterocycles. The lowest BCUT2D eigenvalue weighted by Crippen LogP contribution is -2.24. The van der Waals surface area contributed by atoms with Crippen molar-refractivity contribution in [2.75, 3.05) is 6.54 Å². The second-order valence-electron chi connectivity index (χ2n) is 2.95. The van der Waals surface area contributed by atoms with E-state index in [1.807, 2.05) is 0 Å². The zero-order valence-electron chi connectivity index (χ0n) is 9.10. The monoisotopic (exact) mass is 236 g/mol. The minimum Gasteiger partial charge on any atom is -0.282 e. The largest absolute Gasteiger partial charge is 0.282 e. The van der Waals surface area contributed by atoms with Crippen LogP contribution in [0, 0.1) is 0 Å². The number of hydrogen-bond donors (Lipinski definition) is 0. The normalized spacial score (nSPS) is 15.1. The van der Waals surface area contributed by atoms with Crippen molar-refractivity contribution in [1.29, 1.82) is 0 Å². The van der Waals surface area contributed by atoms with E-state index in [1.54, 1.807) is 19.9 Å². The van der Waals surface area contributed by atoms with Gasteiger partial charge in [-0.3, -0.25) is 4.99 Å². The highest BCUT2D eigenvalue weighted by Gasteiger charge is 2.27. The molecule has 0 heterocycles. The van der Waals surface area contributed by atoms with Crippen LogP contribution in [-0.4, -0.2) is 24.4 Å². The molecule has 0 amide bonds. The van der Waals surface area contributed by atoms with E-state index in [4.69, 9.17) is 11.6 Å². The third-order valence-electron chi connectivity index (χ3n) is 1.66.